The van der Waals surface area contributed by atoms with E-state index in [4.69, 9.17) is 0 Å². The van der Waals surface area contributed by atoms with Gasteiger partial charge in [0.2, 0.25) is 0 Å². The second-order valence-electron chi connectivity index (χ2n) is 4.33. The average Bonchev–Trinajstić information content (AvgIpc) is 2.28. The third-order valence-corrected chi connectivity index (χ3v) is 3.59. The number of fused-ring (bicyclic) bond motifs is 1. The van der Waals surface area contributed by atoms with Gasteiger partial charge >= 0.3 is 0 Å². The smallest absolute Gasteiger partial charge is 0.139 e. The molecule has 0 aliphatic heterocycles. The lowest BCUT2D eigenvalue weighted by Crippen LogP contribution is -2.35. The summed E-state index contributed by atoms with van der Waals surface area (Å²) in [5, 5.41) is 0. The van der Waals surface area contributed by atoms with E-state index in [1.807, 2.05) is 6.92 Å². The quantitative estimate of drug-likeness (QED) is 0.549. The second-order valence-corrected chi connectivity index (χ2v) is 4.33. The van der Waals surface area contributed by atoms with Gasteiger partial charge in [-0.3, -0.25) is 9.59 Å². The van der Waals surface area contributed by atoms with Gasteiger partial charge in [0.25, 0.3) is 0 Å². The molecule has 2 aliphatic carbocycles. The van der Waals surface area contributed by atoms with Crippen molar-refractivity contribution in [3.8, 4) is 0 Å². The maximum absolute atomic E-state index is 11.5. The Morgan fingerprint density at radius 2 is 1.92 bits per heavy atom. The largest absolute Gasteiger partial charge is 0.300 e. The van der Waals surface area contributed by atoms with Gasteiger partial charge < -0.3 is 0 Å². The molecule has 0 spiro atoms. The molecule has 2 rings (SSSR count). The number of carbonyl (C=O) groups excluding carboxylic acids is 2. The molecule has 2 atom stereocenters. The van der Waals surface area contributed by atoms with Crippen molar-refractivity contribution in [2.45, 2.75) is 39.0 Å². The highest BCUT2D eigenvalue weighted by molar-refractivity contribution is 5.93. The van der Waals surface area contributed by atoms with E-state index in [-0.39, 0.29) is 11.2 Å². The molecular formula is C10H14O2. The Kier molecular flexibility index (Phi) is 1.60. The summed E-state index contributed by atoms with van der Waals surface area (Å²) >= 11 is 0. The van der Waals surface area contributed by atoms with Crippen LogP contribution in [0.2, 0.25) is 0 Å². The van der Waals surface area contributed by atoms with Crippen molar-refractivity contribution < 1.29 is 9.59 Å². The van der Waals surface area contributed by atoms with Crippen molar-refractivity contribution in [1.29, 1.82) is 0 Å². The Balaban J connectivity index is 2.27. The van der Waals surface area contributed by atoms with Crippen LogP contribution in [0.15, 0.2) is 0 Å². The minimum atomic E-state index is -0.269. The first-order valence-corrected chi connectivity index (χ1v) is 4.68. The van der Waals surface area contributed by atoms with Crippen LogP contribution in [0.1, 0.15) is 39.0 Å². The molecule has 2 saturated carbocycles. The Morgan fingerprint density at radius 3 is 2.67 bits per heavy atom. The highest BCUT2D eigenvalue weighted by atomic mass is 16.1. The minimum absolute atomic E-state index is 0.269. The number of Topliss-reactive ketones (excluding diaryl/α,β-unsaturated/α-hetero) is 2. The predicted molar refractivity (Wildman–Crippen MR) is 44.7 cm³/mol. The highest BCUT2D eigenvalue weighted by Gasteiger charge is 2.48. The molecule has 66 valence electrons. The van der Waals surface area contributed by atoms with Gasteiger partial charge in [0.15, 0.2) is 0 Å². The fraction of sp³-hybridized carbons (Fsp3) is 0.800. The Bertz CT molecular complexity index is 244. The predicted octanol–water partition coefficient (Wildman–Crippen LogP) is 1.72. The zero-order valence-corrected chi connectivity index (χ0v) is 7.43. The van der Waals surface area contributed by atoms with Gasteiger partial charge in [-0.25, -0.2) is 0 Å². The molecule has 0 radical (unpaired) electrons. The van der Waals surface area contributed by atoms with E-state index in [1.54, 1.807) is 0 Å². The Morgan fingerprint density at radius 1 is 1.25 bits per heavy atom. The van der Waals surface area contributed by atoms with Crippen LogP contribution in [0.4, 0.5) is 0 Å². The molecule has 12 heavy (non-hydrogen) atoms. The normalized spacial score (nSPS) is 41.6. The van der Waals surface area contributed by atoms with Crippen LogP contribution in [-0.4, -0.2) is 11.6 Å². The van der Waals surface area contributed by atoms with Gasteiger partial charge in [-0.15, -0.1) is 0 Å². The van der Waals surface area contributed by atoms with Crippen molar-refractivity contribution in [2.24, 2.45) is 11.3 Å². The van der Waals surface area contributed by atoms with Gasteiger partial charge in [0, 0.05) is 24.7 Å². The maximum Gasteiger partial charge on any atom is 0.139 e. The SMILES string of the molecule is C[C@]12CC(=O)CC[C@H]1CCC2=O. The molecule has 0 unspecified atom stereocenters. The first-order chi connectivity index (χ1) is 5.63. The lowest BCUT2D eigenvalue weighted by Gasteiger charge is -2.33. The van der Waals surface area contributed by atoms with E-state index in [0.29, 0.717) is 31.0 Å². The molecule has 0 aromatic carbocycles. The monoisotopic (exact) mass is 166 g/mol. The standard InChI is InChI=1S/C10H14O2/c1-10-6-8(11)4-2-7(10)3-5-9(10)12/h7H,2-6H2,1H3/t7-,10-/m0/s1. The third-order valence-electron chi connectivity index (χ3n) is 3.59. The molecule has 0 saturated heterocycles. The number of hydrogen-bond donors (Lipinski definition) is 0. The van der Waals surface area contributed by atoms with Gasteiger partial charge in [-0.1, -0.05) is 6.92 Å². The fourth-order valence-corrected chi connectivity index (χ4v) is 2.68. The van der Waals surface area contributed by atoms with E-state index in [2.05, 4.69) is 0 Å². The molecule has 2 aliphatic rings. The summed E-state index contributed by atoms with van der Waals surface area (Å²) in [6.07, 6.45) is 3.88. The maximum atomic E-state index is 11.5. The van der Waals surface area contributed by atoms with Gasteiger partial charge in [-0.05, 0) is 18.8 Å². The molecule has 0 bridgehead atoms. The molecule has 2 nitrogen and oxygen atoms in total. The van der Waals surface area contributed by atoms with E-state index in [9.17, 15) is 9.59 Å². The zero-order chi connectivity index (χ0) is 8.77. The van der Waals surface area contributed by atoms with Crippen molar-refractivity contribution in [2.75, 3.05) is 0 Å². The lowest BCUT2D eigenvalue weighted by atomic mass is 9.69. The molecule has 2 fully saturated rings. The first kappa shape index (κ1) is 7.96. The van der Waals surface area contributed by atoms with Crippen molar-refractivity contribution in [3.63, 3.8) is 0 Å². The Hall–Kier alpha value is -0.660. The lowest BCUT2D eigenvalue weighted by molar-refractivity contribution is -0.135. The van der Waals surface area contributed by atoms with Crippen LogP contribution < -0.4 is 0 Å². The second kappa shape index (κ2) is 2.41. The summed E-state index contributed by atoms with van der Waals surface area (Å²) < 4.78 is 0. The van der Waals surface area contributed by atoms with Crippen LogP contribution in [-0.2, 0) is 9.59 Å². The summed E-state index contributed by atoms with van der Waals surface area (Å²) in [6.45, 7) is 1.98. The molecule has 0 heterocycles. The van der Waals surface area contributed by atoms with E-state index in [1.165, 1.54) is 0 Å². The zero-order valence-electron chi connectivity index (χ0n) is 7.43. The van der Waals surface area contributed by atoms with Gasteiger partial charge in [-0.2, -0.15) is 0 Å². The van der Waals surface area contributed by atoms with E-state index >= 15 is 0 Å². The van der Waals surface area contributed by atoms with Crippen LogP contribution >= 0.6 is 0 Å². The number of carbonyl (C=O) groups is 2. The summed E-state index contributed by atoms with van der Waals surface area (Å²) in [6, 6.07) is 0. The summed E-state index contributed by atoms with van der Waals surface area (Å²) in [5.74, 6) is 1.10. The fourth-order valence-electron chi connectivity index (χ4n) is 2.68. The number of hydrogen-bond acceptors (Lipinski definition) is 2. The summed E-state index contributed by atoms with van der Waals surface area (Å²) in [4.78, 5) is 22.7. The van der Waals surface area contributed by atoms with Crippen LogP contribution in [0.5, 0.6) is 0 Å². The highest BCUT2D eigenvalue weighted by Crippen LogP contribution is 2.48. The third kappa shape index (κ3) is 0.936. The van der Waals surface area contributed by atoms with Crippen molar-refractivity contribution in [3.05, 3.63) is 0 Å². The van der Waals surface area contributed by atoms with Crippen molar-refractivity contribution in [1.82, 2.24) is 0 Å². The van der Waals surface area contributed by atoms with Gasteiger partial charge in [0.05, 0.1) is 0 Å². The van der Waals surface area contributed by atoms with Crippen LogP contribution in [0.3, 0.4) is 0 Å². The molecule has 2 heteroatoms. The topological polar surface area (TPSA) is 34.1 Å². The molecule has 0 amide bonds. The summed E-state index contributed by atoms with van der Waals surface area (Å²) in [5.41, 5.74) is -0.269. The first-order valence-electron chi connectivity index (χ1n) is 4.68. The van der Waals surface area contributed by atoms with Gasteiger partial charge in [0.1, 0.15) is 11.6 Å². The molecular weight excluding hydrogens is 152 g/mol. The van der Waals surface area contributed by atoms with E-state index < -0.39 is 0 Å². The average molecular weight is 166 g/mol. The van der Waals surface area contributed by atoms with E-state index in [0.717, 1.165) is 12.8 Å². The Labute approximate surface area is 72.3 Å². The number of ketones is 2. The summed E-state index contributed by atoms with van der Waals surface area (Å²) in [7, 11) is 0. The van der Waals surface area contributed by atoms with Crippen LogP contribution in [0.25, 0.3) is 0 Å². The molecule has 0 aromatic rings. The molecule has 0 N–H and O–H groups in total. The van der Waals surface area contributed by atoms with Crippen molar-refractivity contribution >= 4 is 11.6 Å². The molecule has 0 aromatic heterocycles. The number of rotatable bonds is 0. The minimum Gasteiger partial charge on any atom is -0.300 e. The van der Waals surface area contributed by atoms with Crippen LogP contribution in [0, 0.1) is 11.3 Å².